The van der Waals surface area contributed by atoms with Crippen LogP contribution >= 0.6 is 0 Å². The molecule has 3 N–H and O–H groups in total. The molecule has 0 unspecified atom stereocenters. The Labute approximate surface area is 212 Å². The number of rotatable bonds is 6. The van der Waals surface area contributed by atoms with E-state index in [-0.39, 0.29) is 30.0 Å². The molecule has 0 fully saturated rings. The van der Waals surface area contributed by atoms with Crippen LogP contribution in [-0.2, 0) is 6.42 Å². The third kappa shape index (κ3) is 4.88. The summed E-state index contributed by atoms with van der Waals surface area (Å²) in [4.78, 5) is 31.8. The van der Waals surface area contributed by atoms with Gasteiger partial charge in [-0.1, -0.05) is 30.3 Å². The Morgan fingerprint density at radius 3 is 2.55 bits per heavy atom. The summed E-state index contributed by atoms with van der Waals surface area (Å²) in [6, 6.07) is 16.0. The van der Waals surface area contributed by atoms with Crippen molar-refractivity contribution in [1.82, 2.24) is 20.2 Å². The molecule has 5 aromatic rings. The van der Waals surface area contributed by atoms with Crippen molar-refractivity contribution in [3.05, 3.63) is 82.3 Å². The molecule has 3 aromatic carbocycles. The van der Waals surface area contributed by atoms with Crippen LogP contribution in [0.4, 0.5) is 23.9 Å². The van der Waals surface area contributed by atoms with Gasteiger partial charge in [-0.3, -0.25) is 4.79 Å². The Kier molecular flexibility index (Phi) is 6.23. The van der Waals surface area contributed by atoms with Gasteiger partial charge < -0.3 is 14.8 Å². The van der Waals surface area contributed by atoms with Gasteiger partial charge in [-0.2, -0.15) is 5.10 Å². The van der Waals surface area contributed by atoms with Gasteiger partial charge in [0.05, 0.1) is 22.1 Å². The van der Waals surface area contributed by atoms with Gasteiger partial charge in [0.15, 0.2) is 0 Å². The zero-order chi connectivity index (χ0) is 27.0. The fourth-order valence-electron chi connectivity index (χ4n) is 4.29. The minimum absolute atomic E-state index is 0.101. The highest BCUT2D eigenvalue weighted by Crippen LogP contribution is 2.36. The number of nitrogens with zero attached hydrogens (tertiary/aromatic N) is 3. The molecule has 1 amide bonds. The second kappa shape index (κ2) is 9.54. The quantitative estimate of drug-likeness (QED) is 0.272. The minimum Gasteiger partial charge on any atom is -0.465 e. The summed E-state index contributed by atoms with van der Waals surface area (Å²) in [5.74, 6) is -0.306. The second-order valence-electron chi connectivity index (χ2n) is 8.42. The number of aromatic amines is 2. The number of benzene rings is 3. The molecule has 0 aliphatic heterocycles. The third-order valence-corrected chi connectivity index (χ3v) is 6.00. The standard InChI is InChI=1S/C26H20F3N5O4/c1-2-34(25(36)37)24-30-19-9-8-15(13-21(19)31-24)18-11-14(7-10-22(18)38-26(27,28)29)12-20-16-5-3-4-6-17(16)23(35)33-32-20/h3-11,13H,2,12H2,1H3,(H,30,31)(H,33,35)(H,36,37). The molecular weight excluding hydrogens is 503 g/mol. The van der Waals surface area contributed by atoms with E-state index in [1.54, 1.807) is 55.5 Å². The molecule has 9 nitrogen and oxygen atoms in total. The number of fused-ring (bicyclic) bond motifs is 2. The first-order chi connectivity index (χ1) is 18.1. The van der Waals surface area contributed by atoms with Gasteiger partial charge in [0, 0.05) is 23.9 Å². The van der Waals surface area contributed by atoms with E-state index in [1.807, 2.05) is 0 Å². The number of imidazole rings is 1. The van der Waals surface area contributed by atoms with Crippen molar-refractivity contribution in [2.45, 2.75) is 19.7 Å². The number of anilines is 1. The monoisotopic (exact) mass is 523 g/mol. The smallest absolute Gasteiger partial charge is 0.465 e. The number of aromatic nitrogens is 4. The van der Waals surface area contributed by atoms with Crippen LogP contribution in [0.3, 0.4) is 0 Å². The van der Waals surface area contributed by atoms with E-state index >= 15 is 0 Å². The highest BCUT2D eigenvalue weighted by atomic mass is 19.4. The molecule has 0 spiro atoms. The number of carbonyl (C=O) groups is 1. The highest BCUT2D eigenvalue weighted by molar-refractivity contribution is 5.89. The number of amides is 1. The van der Waals surface area contributed by atoms with Crippen molar-refractivity contribution in [2.24, 2.45) is 0 Å². The van der Waals surface area contributed by atoms with Crippen LogP contribution in [0, 0.1) is 0 Å². The Balaban J connectivity index is 1.59. The maximum atomic E-state index is 13.2. The van der Waals surface area contributed by atoms with Crippen LogP contribution in [0.1, 0.15) is 18.2 Å². The molecule has 0 bridgehead atoms. The molecule has 2 aromatic heterocycles. The fraction of sp³-hybridized carbons (Fsp3) is 0.154. The van der Waals surface area contributed by atoms with Gasteiger partial charge in [-0.05, 0) is 48.4 Å². The van der Waals surface area contributed by atoms with Crippen LogP contribution in [0.15, 0.2) is 65.5 Å². The largest absolute Gasteiger partial charge is 0.573 e. The number of nitrogens with one attached hydrogen (secondary N) is 2. The van der Waals surface area contributed by atoms with Crippen molar-refractivity contribution in [2.75, 3.05) is 11.4 Å². The number of carboxylic acid groups (broad SMARTS) is 1. The van der Waals surface area contributed by atoms with E-state index < -0.39 is 18.2 Å². The third-order valence-electron chi connectivity index (χ3n) is 6.00. The van der Waals surface area contributed by atoms with Crippen LogP contribution in [0.2, 0.25) is 0 Å². The summed E-state index contributed by atoms with van der Waals surface area (Å²) in [5, 5.41) is 17.1. The molecule has 12 heteroatoms. The molecule has 0 radical (unpaired) electrons. The highest BCUT2D eigenvalue weighted by Gasteiger charge is 2.32. The summed E-state index contributed by atoms with van der Waals surface area (Å²) >= 11 is 0. The summed E-state index contributed by atoms with van der Waals surface area (Å²) in [6.07, 6.45) is -5.88. The normalized spacial score (nSPS) is 11.7. The lowest BCUT2D eigenvalue weighted by Gasteiger charge is -2.15. The van der Waals surface area contributed by atoms with Gasteiger partial charge in [0.25, 0.3) is 5.56 Å². The van der Waals surface area contributed by atoms with E-state index in [0.29, 0.717) is 38.6 Å². The molecule has 0 aliphatic carbocycles. The van der Waals surface area contributed by atoms with Crippen LogP contribution in [-0.4, -0.2) is 44.3 Å². The molecule has 0 saturated carbocycles. The maximum Gasteiger partial charge on any atom is 0.573 e. The van der Waals surface area contributed by atoms with Gasteiger partial charge in [-0.15, -0.1) is 13.2 Å². The van der Waals surface area contributed by atoms with Crippen molar-refractivity contribution in [3.63, 3.8) is 0 Å². The summed E-state index contributed by atoms with van der Waals surface area (Å²) in [6.45, 7) is 1.81. The summed E-state index contributed by atoms with van der Waals surface area (Å²) < 4.78 is 43.9. The first-order valence-corrected chi connectivity index (χ1v) is 11.5. The maximum absolute atomic E-state index is 13.2. The summed E-state index contributed by atoms with van der Waals surface area (Å²) in [7, 11) is 0. The molecule has 5 rings (SSSR count). The predicted octanol–water partition coefficient (Wildman–Crippen LogP) is 5.46. The van der Waals surface area contributed by atoms with Crippen molar-refractivity contribution in [3.8, 4) is 16.9 Å². The molecule has 0 aliphatic rings. The van der Waals surface area contributed by atoms with Crippen LogP contribution in [0.25, 0.3) is 32.9 Å². The average molecular weight is 523 g/mol. The average Bonchev–Trinajstić information content (AvgIpc) is 3.29. The van der Waals surface area contributed by atoms with Crippen molar-refractivity contribution >= 4 is 33.8 Å². The Bertz CT molecular complexity index is 1730. The Morgan fingerprint density at radius 1 is 1.08 bits per heavy atom. The number of alkyl halides is 3. The topological polar surface area (TPSA) is 124 Å². The van der Waals surface area contributed by atoms with Gasteiger partial charge in [0.2, 0.25) is 5.95 Å². The van der Waals surface area contributed by atoms with Crippen molar-refractivity contribution in [1.29, 1.82) is 0 Å². The zero-order valence-corrected chi connectivity index (χ0v) is 19.8. The predicted molar refractivity (Wildman–Crippen MR) is 134 cm³/mol. The van der Waals surface area contributed by atoms with E-state index in [1.165, 1.54) is 12.1 Å². The summed E-state index contributed by atoms with van der Waals surface area (Å²) in [5.41, 5.74) is 2.27. The molecular formula is C26H20F3N5O4. The number of hydrogen-bond donors (Lipinski definition) is 3. The molecule has 0 saturated heterocycles. The lowest BCUT2D eigenvalue weighted by atomic mass is 9.98. The van der Waals surface area contributed by atoms with E-state index in [0.717, 1.165) is 4.90 Å². The molecule has 0 atom stereocenters. The van der Waals surface area contributed by atoms with Gasteiger partial charge >= 0.3 is 12.5 Å². The number of hydrogen-bond acceptors (Lipinski definition) is 5. The van der Waals surface area contributed by atoms with Crippen LogP contribution < -0.4 is 15.2 Å². The number of H-pyrrole nitrogens is 2. The fourth-order valence-corrected chi connectivity index (χ4v) is 4.29. The molecule has 38 heavy (non-hydrogen) atoms. The lowest BCUT2D eigenvalue weighted by Crippen LogP contribution is -2.29. The number of halogens is 3. The van der Waals surface area contributed by atoms with E-state index in [4.69, 9.17) is 0 Å². The number of ether oxygens (including phenoxy) is 1. The Morgan fingerprint density at radius 2 is 1.84 bits per heavy atom. The van der Waals surface area contributed by atoms with E-state index in [9.17, 15) is 27.9 Å². The lowest BCUT2D eigenvalue weighted by molar-refractivity contribution is -0.274. The Hall–Kier alpha value is -4.87. The first kappa shape index (κ1) is 24.8. The van der Waals surface area contributed by atoms with Gasteiger partial charge in [-0.25, -0.2) is 19.8 Å². The SMILES string of the molecule is CCN(C(=O)O)c1nc2cc(-c3cc(Cc4n[nH]c(=O)c5ccccc45)ccc3OC(F)(F)F)ccc2[nH]1. The van der Waals surface area contributed by atoms with Gasteiger partial charge in [0.1, 0.15) is 5.75 Å². The second-order valence-corrected chi connectivity index (χ2v) is 8.42. The first-order valence-electron chi connectivity index (χ1n) is 11.5. The zero-order valence-electron chi connectivity index (χ0n) is 19.8. The minimum atomic E-state index is -4.92. The molecule has 2 heterocycles. The van der Waals surface area contributed by atoms with Crippen LogP contribution in [0.5, 0.6) is 5.75 Å². The molecule has 194 valence electrons. The van der Waals surface area contributed by atoms with Crippen molar-refractivity contribution < 1.29 is 27.8 Å². The van der Waals surface area contributed by atoms with E-state index in [2.05, 4.69) is 24.9 Å².